The average Bonchev–Trinajstić information content (AvgIpc) is 2.62. The van der Waals surface area contributed by atoms with E-state index in [-0.39, 0.29) is 11.6 Å². The van der Waals surface area contributed by atoms with Crippen LogP contribution in [0.5, 0.6) is 11.5 Å². The van der Waals surface area contributed by atoms with Gasteiger partial charge in [-0.05, 0) is 45.5 Å². The third-order valence-corrected chi connectivity index (χ3v) is 3.21. The Hall–Kier alpha value is -1.26. The Bertz CT molecular complexity index is 440. The summed E-state index contributed by atoms with van der Waals surface area (Å²) in [6.07, 6.45) is 0.923. The Morgan fingerprint density at radius 1 is 1.20 bits per heavy atom. The van der Waals surface area contributed by atoms with Gasteiger partial charge in [0.15, 0.2) is 11.5 Å². The first-order valence-corrected chi connectivity index (χ1v) is 7.20. The molecule has 0 saturated carbocycles. The maximum absolute atomic E-state index is 5.87. The van der Waals surface area contributed by atoms with Crippen molar-refractivity contribution in [3.05, 3.63) is 23.8 Å². The lowest BCUT2D eigenvalue weighted by Gasteiger charge is -2.25. The van der Waals surface area contributed by atoms with E-state index in [1.165, 1.54) is 0 Å². The Balaban J connectivity index is 2.12. The SMILES string of the molecule is CNC(COC(C)(C)C)c1ccc2c(c1)OCCCO2. The minimum atomic E-state index is -0.138. The molecule has 0 bridgehead atoms. The lowest BCUT2D eigenvalue weighted by Crippen LogP contribution is -2.28. The predicted molar refractivity (Wildman–Crippen MR) is 79.6 cm³/mol. The number of fused-ring (bicyclic) bond motifs is 1. The first kappa shape index (κ1) is 15.1. The number of nitrogens with one attached hydrogen (secondary N) is 1. The number of hydrogen-bond donors (Lipinski definition) is 1. The van der Waals surface area contributed by atoms with E-state index in [1.807, 2.05) is 19.2 Å². The second-order valence-corrected chi connectivity index (χ2v) is 6.02. The van der Waals surface area contributed by atoms with Gasteiger partial charge in [0.1, 0.15) is 0 Å². The van der Waals surface area contributed by atoms with Crippen LogP contribution < -0.4 is 14.8 Å². The minimum Gasteiger partial charge on any atom is -0.490 e. The van der Waals surface area contributed by atoms with Crippen LogP contribution in [0.15, 0.2) is 18.2 Å². The Labute approximate surface area is 121 Å². The summed E-state index contributed by atoms with van der Waals surface area (Å²) >= 11 is 0. The van der Waals surface area contributed by atoms with Crippen LogP contribution in [0.25, 0.3) is 0 Å². The lowest BCUT2D eigenvalue weighted by molar-refractivity contribution is -0.0139. The third-order valence-electron chi connectivity index (χ3n) is 3.21. The van der Waals surface area contributed by atoms with Gasteiger partial charge in [-0.3, -0.25) is 0 Å². The second kappa shape index (κ2) is 6.46. The third kappa shape index (κ3) is 4.12. The van der Waals surface area contributed by atoms with Crippen LogP contribution in [0.1, 0.15) is 38.8 Å². The van der Waals surface area contributed by atoms with Gasteiger partial charge in [0.05, 0.1) is 31.5 Å². The summed E-state index contributed by atoms with van der Waals surface area (Å²) in [6, 6.07) is 6.25. The van der Waals surface area contributed by atoms with Crippen LogP contribution in [0.3, 0.4) is 0 Å². The van der Waals surface area contributed by atoms with E-state index < -0.39 is 0 Å². The summed E-state index contributed by atoms with van der Waals surface area (Å²) in [5, 5.41) is 3.29. The first-order chi connectivity index (χ1) is 9.49. The molecule has 0 aromatic heterocycles. The highest BCUT2D eigenvalue weighted by atomic mass is 16.5. The van der Waals surface area contributed by atoms with Gasteiger partial charge in [0, 0.05) is 6.42 Å². The maximum Gasteiger partial charge on any atom is 0.161 e. The van der Waals surface area contributed by atoms with Crippen LogP contribution in [0.4, 0.5) is 0 Å². The van der Waals surface area contributed by atoms with E-state index in [2.05, 4.69) is 32.2 Å². The van der Waals surface area contributed by atoms with Gasteiger partial charge < -0.3 is 19.5 Å². The molecule has 4 heteroatoms. The Morgan fingerprint density at radius 3 is 2.55 bits per heavy atom. The molecule has 0 saturated heterocycles. The fourth-order valence-electron chi connectivity index (χ4n) is 2.08. The highest BCUT2D eigenvalue weighted by Gasteiger charge is 2.18. The zero-order chi connectivity index (χ0) is 14.6. The van der Waals surface area contributed by atoms with Crippen molar-refractivity contribution in [3.63, 3.8) is 0 Å². The number of rotatable bonds is 4. The van der Waals surface area contributed by atoms with Gasteiger partial charge in [-0.2, -0.15) is 0 Å². The molecule has 1 N–H and O–H groups in total. The summed E-state index contributed by atoms with van der Waals surface area (Å²) < 4.78 is 17.3. The molecule has 2 rings (SSSR count). The molecule has 0 spiro atoms. The molecule has 112 valence electrons. The molecule has 1 aromatic rings. The highest BCUT2D eigenvalue weighted by molar-refractivity contribution is 5.44. The summed E-state index contributed by atoms with van der Waals surface area (Å²) in [5.74, 6) is 1.66. The number of ether oxygens (including phenoxy) is 3. The molecular weight excluding hydrogens is 254 g/mol. The molecule has 1 aliphatic heterocycles. The fourth-order valence-corrected chi connectivity index (χ4v) is 2.08. The minimum absolute atomic E-state index is 0.138. The smallest absolute Gasteiger partial charge is 0.161 e. The van der Waals surface area contributed by atoms with Crippen LogP contribution >= 0.6 is 0 Å². The molecule has 0 fully saturated rings. The maximum atomic E-state index is 5.87. The summed E-state index contributed by atoms with van der Waals surface area (Å²) in [6.45, 7) is 8.24. The van der Waals surface area contributed by atoms with E-state index in [9.17, 15) is 0 Å². The van der Waals surface area contributed by atoms with Crippen molar-refractivity contribution in [2.45, 2.75) is 38.8 Å². The first-order valence-electron chi connectivity index (χ1n) is 7.20. The zero-order valence-corrected chi connectivity index (χ0v) is 12.9. The van der Waals surface area contributed by atoms with Crippen molar-refractivity contribution in [3.8, 4) is 11.5 Å². The fraction of sp³-hybridized carbons (Fsp3) is 0.625. The monoisotopic (exact) mass is 279 g/mol. The van der Waals surface area contributed by atoms with Gasteiger partial charge >= 0.3 is 0 Å². The number of hydrogen-bond acceptors (Lipinski definition) is 4. The van der Waals surface area contributed by atoms with Crippen molar-refractivity contribution in [1.82, 2.24) is 5.32 Å². The van der Waals surface area contributed by atoms with Crippen LogP contribution in [-0.2, 0) is 4.74 Å². The van der Waals surface area contributed by atoms with Crippen LogP contribution in [0, 0.1) is 0 Å². The Kier molecular flexibility index (Phi) is 4.89. The largest absolute Gasteiger partial charge is 0.490 e. The van der Waals surface area contributed by atoms with Crippen molar-refractivity contribution in [2.24, 2.45) is 0 Å². The molecule has 1 heterocycles. The van der Waals surface area contributed by atoms with Gasteiger partial charge in [-0.15, -0.1) is 0 Å². The zero-order valence-electron chi connectivity index (χ0n) is 12.9. The summed E-state index contributed by atoms with van der Waals surface area (Å²) in [5.41, 5.74) is 1.02. The molecule has 1 unspecified atom stereocenters. The molecule has 20 heavy (non-hydrogen) atoms. The van der Waals surface area contributed by atoms with Crippen molar-refractivity contribution < 1.29 is 14.2 Å². The van der Waals surface area contributed by atoms with Gasteiger partial charge in [0.2, 0.25) is 0 Å². The average molecular weight is 279 g/mol. The molecule has 0 aliphatic carbocycles. The molecule has 1 aromatic carbocycles. The second-order valence-electron chi connectivity index (χ2n) is 6.02. The molecule has 0 radical (unpaired) electrons. The van der Waals surface area contributed by atoms with E-state index in [0.717, 1.165) is 30.1 Å². The molecule has 1 atom stereocenters. The predicted octanol–water partition coefficient (Wildman–Crippen LogP) is 2.92. The number of likely N-dealkylation sites (N-methyl/N-ethyl adjacent to an activating group) is 1. The molecule has 1 aliphatic rings. The van der Waals surface area contributed by atoms with Crippen LogP contribution in [0.2, 0.25) is 0 Å². The highest BCUT2D eigenvalue weighted by Crippen LogP contribution is 2.32. The van der Waals surface area contributed by atoms with E-state index in [0.29, 0.717) is 13.2 Å². The van der Waals surface area contributed by atoms with E-state index in [4.69, 9.17) is 14.2 Å². The Morgan fingerprint density at radius 2 is 1.90 bits per heavy atom. The number of benzene rings is 1. The van der Waals surface area contributed by atoms with E-state index in [1.54, 1.807) is 0 Å². The summed E-state index contributed by atoms with van der Waals surface area (Å²) in [7, 11) is 1.94. The molecule has 4 nitrogen and oxygen atoms in total. The van der Waals surface area contributed by atoms with Gasteiger partial charge in [-0.1, -0.05) is 6.07 Å². The van der Waals surface area contributed by atoms with Crippen LogP contribution in [-0.4, -0.2) is 32.5 Å². The van der Waals surface area contributed by atoms with Crippen molar-refractivity contribution in [1.29, 1.82) is 0 Å². The van der Waals surface area contributed by atoms with Gasteiger partial charge in [0.25, 0.3) is 0 Å². The van der Waals surface area contributed by atoms with E-state index >= 15 is 0 Å². The molecular formula is C16H25NO3. The van der Waals surface area contributed by atoms with Crippen molar-refractivity contribution >= 4 is 0 Å². The molecule has 0 amide bonds. The normalized spacial score (nSPS) is 16.6. The summed E-state index contributed by atoms with van der Waals surface area (Å²) in [4.78, 5) is 0. The van der Waals surface area contributed by atoms with Crippen molar-refractivity contribution in [2.75, 3.05) is 26.9 Å². The van der Waals surface area contributed by atoms with Gasteiger partial charge in [-0.25, -0.2) is 0 Å². The topological polar surface area (TPSA) is 39.7 Å². The lowest BCUT2D eigenvalue weighted by atomic mass is 10.1. The standard InChI is InChI=1S/C16H25NO3/c1-16(2,3)20-11-13(17-4)12-6-7-14-15(10-12)19-9-5-8-18-14/h6-7,10,13,17H,5,8-9,11H2,1-4H3. The quantitative estimate of drug-likeness (QED) is 0.920.